The summed E-state index contributed by atoms with van der Waals surface area (Å²) in [5.74, 6) is -0.381. The van der Waals surface area contributed by atoms with Gasteiger partial charge in [0.1, 0.15) is 5.69 Å². The normalized spacial score (nSPS) is 11.5. The Labute approximate surface area is 89.1 Å². The van der Waals surface area contributed by atoms with E-state index in [1.165, 1.54) is 0 Å². The third-order valence-electron chi connectivity index (χ3n) is 1.75. The number of hydrogen-bond donors (Lipinski definition) is 0. The van der Waals surface area contributed by atoms with Crippen molar-refractivity contribution in [2.75, 3.05) is 0 Å². The van der Waals surface area contributed by atoms with Crippen LogP contribution in [-0.2, 0) is 6.18 Å². The van der Waals surface area contributed by atoms with E-state index in [4.69, 9.17) is 11.6 Å². The van der Waals surface area contributed by atoms with Crippen molar-refractivity contribution in [2.45, 2.75) is 19.5 Å². The zero-order chi connectivity index (χ0) is 11.6. The molecule has 1 aromatic rings. The number of hydrogen-bond acceptors (Lipinski definition) is 2. The van der Waals surface area contributed by atoms with Gasteiger partial charge in [-0.15, -0.1) is 0 Å². The molecule has 0 aromatic carbocycles. The zero-order valence-electron chi connectivity index (χ0n) is 7.73. The SMILES string of the molecule is CCC(=O)c1ncc(C(F)(F)F)cc1Cl. The van der Waals surface area contributed by atoms with Gasteiger partial charge >= 0.3 is 6.18 Å². The van der Waals surface area contributed by atoms with Crippen LogP contribution in [0.4, 0.5) is 13.2 Å². The first kappa shape index (κ1) is 12.0. The van der Waals surface area contributed by atoms with Gasteiger partial charge in [0.15, 0.2) is 5.78 Å². The number of carbonyl (C=O) groups excluding carboxylic acids is 1. The third-order valence-corrected chi connectivity index (χ3v) is 2.04. The van der Waals surface area contributed by atoms with E-state index in [9.17, 15) is 18.0 Å². The van der Waals surface area contributed by atoms with Crippen molar-refractivity contribution < 1.29 is 18.0 Å². The first-order valence-electron chi connectivity index (χ1n) is 4.12. The molecule has 0 saturated heterocycles. The van der Waals surface area contributed by atoms with Crippen LogP contribution in [0.5, 0.6) is 0 Å². The number of aromatic nitrogens is 1. The summed E-state index contributed by atoms with van der Waals surface area (Å²) in [6.45, 7) is 1.58. The molecule has 6 heteroatoms. The number of halogens is 4. The highest BCUT2D eigenvalue weighted by Crippen LogP contribution is 2.31. The Morgan fingerprint density at radius 1 is 1.53 bits per heavy atom. The second-order valence-corrected chi connectivity index (χ2v) is 3.24. The van der Waals surface area contributed by atoms with Gasteiger partial charge in [-0.3, -0.25) is 9.78 Å². The lowest BCUT2D eigenvalue weighted by atomic mass is 10.2. The topological polar surface area (TPSA) is 30.0 Å². The Bertz CT molecular complexity index is 389. The van der Waals surface area contributed by atoms with Crippen LogP contribution in [0.3, 0.4) is 0 Å². The molecule has 1 rings (SSSR count). The summed E-state index contributed by atoms with van der Waals surface area (Å²) in [5, 5.41) is -0.267. The van der Waals surface area contributed by atoms with E-state index in [2.05, 4.69) is 4.98 Å². The highest BCUT2D eigenvalue weighted by Gasteiger charge is 2.31. The Kier molecular flexibility index (Phi) is 3.34. The van der Waals surface area contributed by atoms with E-state index < -0.39 is 11.7 Å². The minimum Gasteiger partial charge on any atom is -0.292 e. The molecule has 0 unspecified atom stereocenters. The number of ketones is 1. The fourth-order valence-corrected chi connectivity index (χ4v) is 1.24. The average Bonchev–Trinajstić information content (AvgIpc) is 2.15. The molecular formula is C9H7ClF3NO. The van der Waals surface area contributed by atoms with Crippen molar-refractivity contribution in [3.8, 4) is 0 Å². The number of Topliss-reactive ketones (excluding diaryl/α,β-unsaturated/α-hetero) is 1. The smallest absolute Gasteiger partial charge is 0.292 e. The van der Waals surface area contributed by atoms with Crippen molar-refractivity contribution in [3.05, 3.63) is 28.5 Å². The lowest BCUT2D eigenvalue weighted by Gasteiger charge is -2.07. The summed E-state index contributed by atoms with van der Waals surface area (Å²) in [6, 6.07) is 0.706. The molecular weight excluding hydrogens is 231 g/mol. The van der Waals surface area contributed by atoms with Gasteiger partial charge in [0.05, 0.1) is 10.6 Å². The van der Waals surface area contributed by atoms with Gasteiger partial charge in [-0.1, -0.05) is 18.5 Å². The maximum absolute atomic E-state index is 12.2. The Hall–Kier alpha value is -1.10. The molecule has 0 amide bonds. The van der Waals surface area contributed by atoms with Gasteiger partial charge in [-0.05, 0) is 6.07 Å². The molecule has 1 aromatic heterocycles. The molecule has 1 heterocycles. The van der Waals surface area contributed by atoms with Crippen LogP contribution in [0.1, 0.15) is 29.4 Å². The summed E-state index contributed by atoms with van der Waals surface area (Å²) >= 11 is 5.53. The fourth-order valence-electron chi connectivity index (χ4n) is 0.966. The first-order valence-corrected chi connectivity index (χ1v) is 4.50. The van der Waals surface area contributed by atoms with Crippen LogP contribution in [0.2, 0.25) is 5.02 Å². The predicted molar refractivity (Wildman–Crippen MR) is 48.9 cm³/mol. The van der Waals surface area contributed by atoms with Crippen molar-refractivity contribution in [1.29, 1.82) is 0 Å². The number of carbonyl (C=O) groups is 1. The van der Waals surface area contributed by atoms with Gasteiger partial charge < -0.3 is 0 Å². The lowest BCUT2D eigenvalue weighted by molar-refractivity contribution is -0.137. The van der Waals surface area contributed by atoms with Gasteiger partial charge in [0, 0.05) is 12.6 Å². The second kappa shape index (κ2) is 4.18. The lowest BCUT2D eigenvalue weighted by Crippen LogP contribution is -2.08. The average molecular weight is 238 g/mol. The van der Waals surface area contributed by atoms with Crippen molar-refractivity contribution in [3.63, 3.8) is 0 Å². The van der Waals surface area contributed by atoms with E-state index in [-0.39, 0.29) is 22.9 Å². The molecule has 0 aliphatic heterocycles. The highest BCUT2D eigenvalue weighted by molar-refractivity contribution is 6.33. The van der Waals surface area contributed by atoms with Crippen LogP contribution in [0.25, 0.3) is 0 Å². The predicted octanol–water partition coefficient (Wildman–Crippen LogP) is 3.35. The van der Waals surface area contributed by atoms with E-state index in [1.54, 1.807) is 6.92 Å². The summed E-state index contributed by atoms with van der Waals surface area (Å²) < 4.78 is 36.6. The number of nitrogens with zero attached hydrogens (tertiary/aromatic N) is 1. The molecule has 0 saturated carbocycles. The number of alkyl halides is 3. The maximum Gasteiger partial charge on any atom is 0.417 e. The summed E-state index contributed by atoms with van der Waals surface area (Å²) in [6.07, 6.45) is -3.74. The van der Waals surface area contributed by atoms with E-state index in [1.807, 2.05) is 0 Å². The summed E-state index contributed by atoms with van der Waals surface area (Å²) in [5.41, 5.74) is -1.08. The van der Waals surface area contributed by atoms with Crippen LogP contribution in [0, 0.1) is 0 Å². The fraction of sp³-hybridized carbons (Fsp3) is 0.333. The molecule has 0 spiro atoms. The van der Waals surface area contributed by atoms with Crippen LogP contribution < -0.4 is 0 Å². The molecule has 0 aliphatic rings. The molecule has 0 N–H and O–H groups in total. The third kappa shape index (κ3) is 2.68. The summed E-state index contributed by atoms with van der Waals surface area (Å²) in [4.78, 5) is 14.6. The quantitative estimate of drug-likeness (QED) is 0.739. The molecule has 15 heavy (non-hydrogen) atoms. The minimum atomic E-state index is -4.50. The van der Waals surface area contributed by atoms with E-state index in [0.717, 1.165) is 0 Å². The molecule has 2 nitrogen and oxygen atoms in total. The molecule has 0 radical (unpaired) electrons. The number of rotatable bonds is 2. The van der Waals surface area contributed by atoms with E-state index >= 15 is 0 Å². The first-order chi connectivity index (χ1) is 6.86. The van der Waals surface area contributed by atoms with Crippen LogP contribution in [-0.4, -0.2) is 10.8 Å². The zero-order valence-corrected chi connectivity index (χ0v) is 8.49. The van der Waals surface area contributed by atoms with Crippen molar-refractivity contribution in [1.82, 2.24) is 4.98 Å². The Morgan fingerprint density at radius 2 is 2.13 bits per heavy atom. The molecule has 0 aliphatic carbocycles. The van der Waals surface area contributed by atoms with Crippen LogP contribution >= 0.6 is 11.6 Å². The molecule has 82 valence electrons. The number of pyridine rings is 1. The van der Waals surface area contributed by atoms with Crippen LogP contribution in [0.15, 0.2) is 12.3 Å². The molecule has 0 atom stereocenters. The van der Waals surface area contributed by atoms with Gasteiger partial charge in [-0.25, -0.2) is 0 Å². The Balaban J connectivity index is 3.15. The molecule has 0 bridgehead atoms. The van der Waals surface area contributed by atoms with Gasteiger partial charge in [0.2, 0.25) is 0 Å². The molecule has 0 fully saturated rings. The monoisotopic (exact) mass is 237 g/mol. The van der Waals surface area contributed by atoms with Gasteiger partial charge in [0.25, 0.3) is 0 Å². The highest BCUT2D eigenvalue weighted by atomic mass is 35.5. The minimum absolute atomic E-state index is 0.118. The largest absolute Gasteiger partial charge is 0.417 e. The summed E-state index contributed by atoms with van der Waals surface area (Å²) in [7, 11) is 0. The standard InChI is InChI=1S/C9H7ClF3NO/c1-2-7(15)8-6(10)3-5(4-14-8)9(11,12)13/h3-4H,2H2,1H3. The van der Waals surface area contributed by atoms with Crippen molar-refractivity contribution >= 4 is 17.4 Å². The van der Waals surface area contributed by atoms with E-state index in [0.29, 0.717) is 12.3 Å². The van der Waals surface area contributed by atoms with Crippen molar-refractivity contribution in [2.24, 2.45) is 0 Å². The maximum atomic E-state index is 12.2. The Morgan fingerprint density at radius 3 is 2.53 bits per heavy atom. The second-order valence-electron chi connectivity index (χ2n) is 2.83. The van der Waals surface area contributed by atoms with Gasteiger partial charge in [-0.2, -0.15) is 13.2 Å².